The third kappa shape index (κ3) is 11.0. The molecule has 0 heterocycles. The largest absolute Gasteiger partial charge is 2.00 e. The van der Waals surface area contributed by atoms with Gasteiger partial charge in [0, 0.05) is 0 Å². The van der Waals surface area contributed by atoms with Gasteiger partial charge in [-0.3, -0.25) is 0 Å². The van der Waals surface area contributed by atoms with Gasteiger partial charge in [0.25, 0.3) is 0 Å². The molecule has 0 aliphatic heterocycles. The molecule has 58 valence electrons. The predicted octanol–water partition coefficient (Wildman–Crippen LogP) is -1.48. The van der Waals surface area contributed by atoms with Crippen molar-refractivity contribution >= 4 is 36.9 Å². The van der Waals surface area contributed by atoms with Crippen LogP contribution in [-0.2, 0) is 9.19 Å². The van der Waals surface area contributed by atoms with Gasteiger partial charge in [-0.05, 0) is 0 Å². The number of hydrogen-bond acceptors (Lipinski definition) is 3. The van der Waals surface area contributed by atoms with Gasteiger partial charge in [-0.2, -0.15) is 4.62 Å². The smallest absolute Gasteiger partial charge is 1.00 e. The number of urea groups is 1. The first kappa shape index (κ1) is 12.8. The standard InChI is InChI=1S/CH5N2O5P.Mg.2H/c2-1(4)3-8-9(5,6)7;;;/h(H3,2,3,4)(H2,5,6,7);;;/q;+2;2*-1. The van der Waals surface area contributed by atoms with E-state index in [1.807, 2.05) is 0 Å². The van der Waals surface area contributed by atoms with E-state index in [1.165, 1.54) is 5.48 Å². The number of hydroxylamine groups is 1. The molecule has 0 spiro atoms. The summed E-state index contributed by atoms with van der Waals surface area (Å²) < 4.78 is 13.2. The van der Waals surface area contributed by atoms with E-state index in [-0.39, 0.29) is 25.9 Å². The first-order chi connectivity index (χ1) is 3.92. The second-order valence-corrected chi connectivity index (χ2v) is 2.21. The SMILES string of the molecule is NC(=O)NOP(=O)(O)O.[H-].[H-].[Mg+2]. The van der Waals surface area contributed by atoms with E-state index in [2.05, 4.69) is 10.4 Å². The van der Waals surface area contributed by atoms with E-state index in [9.17, 15) is 9.36 Å². The minimum Gasteiger partial charge on any atom is -1.00 e. The van der Waals surface area contributed by atoms with Gasteiger partial charge < -0.3 is 18.4 Å². The van der Waals surface area contributed by atoms with Crippen molar-refractivity contribution < 1.29 is 26.6 Å². The Morgan fingerprint density at radius 1 is 1.70 bits per heavy atom. The van der Waals surface area contributed by atoms with Crippen molar-refractivity contribution in [1.29, 1.82) is 0 Å². The van der Waals surface area contributed by atoms with Gasteiger partial charge in [0.05, 0.1) is 0 Å². The number of nitrogens with two attached hydrogens (primary N) is 1. The number of carbonyl (C=O) groups excluding carboxylic acids is 1. The summed E-state index contributed by atoms with van der Waals surface area (Å²) in [7, 11) is -4.63. The molecule has 2 amide bonds. The molecule has 0 aliphatic carbocycles. The summed E-state index contributed by atoms with van der Waals surface area (Å²) in [5.41, 5.74) is 5.64. The van der Waals surface area contributed by atoms with Gasteiger partial charge in [0.1, 0.15) is 0 Å². The van der Waals surface area contributed by atoms with Crippen LogP contribution in [0.3, 0.4) is 0 Å². The van der Waals surface area contributed by atoms with Crippen LogP contribution < -0.4 is 11.2 Å². The Bertz CT molecular complexity index is 162. The van der Waals surface area contributed by atoms with Crippen LogP contribution in [-0.4, -0.2) is 38.9 Å². The molecular weight excluding hydrogens is 175 g/mol. The topological polar surface area (TPSA) is 122 Å². The van der Waals surface area contributed by atoms with Gasteiger partial charge in [-0.15, -0.1) is 0 Å². The normalized spacial score (nSPS) is 9.80. The maximum absolute atomic E-state index is 9.74. The minimum atomic E-state index is -4.63. The van der Waals surface area contributed by atoms with E-state index >= 15 is 0 Å². The summed E-state index contributed by atoms with van der Waals surface area (Å²) in [4.78, 5) is 25.5. The first-order valence-corrected chi connectivity index (χ1v) is 3.24. The summed E-state index contributed by atoms with van der Waals surface area (Å²) in [6.07, 6.45) is 0. The molecule has 10 heavy (non-hydrogen) atoms. The molecule has 0 saturated carbocycles. The van der Waals surface area contributed by atoms with Crippen LogP contribution in [0.4, 0.5) is 4.79 Å². The quantitative estimate of drug-likeness (QED) is 0.236. The molecule has 0 bridgehead atoms. The maximum atomic E-state index is 9.74. The van der Waals surface area contributed by atoms with Crippen LogP contribution in [0, 0.1) is 0 Å². The van der Waals surface area contributed by atoms with Gasteiger partial charge in [-0.25, -0.2) is 14.8 Å². The van der Waals surface area contributed by atoms with Crippen LogP contribution in [0.5, 0.6) is 0 Å². The zero-order chi connectivity index (χ0) is 7.49. The van der Waals surface area contributed by atoms with Gasteiger partial charge >= 0.3 is 36.9 Å². The van der Waals surface area contributed by atoms with Crippen molar-refractivity contribution in [3.63, 3.8) is 0 Å². The van der Waals surface area contributed by atoms with E-state index in [1.54, 1.807) is 0 Å². The Labute approximate surface area is 75.2 Å². The van der Waals surface area contributed by atoms with Gasteiger partial charge in [0.2, 0.25) is 0 Å². The second kappa shape index (κ2) is 4.89. The summed E-state index contributed by atoms with van der Waals surface area (Å²) in [5, 5.41) is 0. The Morgan fingerprint density at radius 3 is 2.20 bits per heavy atom. The molecule has 0 rings (SSSR count). The second-order valence-electron chi connectivity index (χ2n) is 1.05. The molecule has 0 aromatic carbocycles. The van der Waals surface area contributed by atoms with Crippen LogP contribution in [0.25, 0.3) is 0 Å². The van der Waals surface area contributed by atoms with Crippen LogP contribution in [0.1, 0.15) is 2.85 Å². The third-order valence-corrected chi connectivity index (χ3v) is 0.594. The Morgan fingerprint density at radius 2 is 2.10 bits per heavy atom. The van der Waals surface area contributed by atoms with Crippen molar-refractivity contribution in [2.24, 2.45) is 5.73 Å². The molecule has 7 nitrogen and oxygen atoms in total. The Hall–Kier alpha value is 0.146. The van der Waals surface area contributed by atoms with Crippen LogP contribution in [0.15, 0.2) is 0 Å². The summed E-state index contributed by atoms with van der Waals surface area (Å²) in [6.45, 7) is 0. The molecule has 0 aromatic heterocycles. The average Bonchev–Trinajstić information content (AvgIpc) is 1.59. The predicted molar refractivity (Wildman–Crippen MR) is 33.8 cm³/mol. The number of rotatable bonds is 2. The first-order valence-electron chi connectivity index (χ1n) is 1.71. The summed E-state index contributed by atoms with van der Waals surface area (Å²) in [5.74, 6) is 0. The molecule has 9 heteroatoms. The fraction of sp³-hybridized carbons (Fsp3) is 0. The molecule has 0 radical (unpaired) electrons. The van der Waals surface area contributed by atoms with Crippen LogP contribution in [0.2, 0.25) is 0 Å². The number of amides is 2. The van der Waals surface area contributed by atoms with E-state index in [0.29, 0.717) is 0 Å². The number of primary amides is 1. The van der Waals surface area contributed by atoms with Gasteiger partial charge in [-0.1, -0.05) is 0 Å². The molecule has 0 atom stereocenters. The molecular formula is CH7MgN2O5P. The summed E-state index contributed by atoms with van der Waals surface area (Å²) >= 11 is 0. The third-order valence-electron chi connectivity index (χ3n) is 0.265. The molecule has 0 saturated heterocycles. The molecule has 0 fully saturated rings. The Balaban J connectivity index is -0.000000107. The number of carbonyl (C=O) groups is 1. The zero-order valence-corrected chi connectivity index (χ0v) is 7.16. The molecule has 0 aromatic rings. The van der Waals surface area contributed by atoms with Crippen molar-refractivity contribution in [2.75, 3.05) is 0 Å². The van der Waals surface area contributed by atoms with Crippen molar-refractivity contribution in [2.45, 2.75) is 0 Å². The fourth-order valence-electron chi connectivity index (χ4n) is 0.104. The number of nitrogens with one attached hydrogen (secondary N) is 1. The molecule has 5 N–H and O–H groups in total. The van der Waals surface area contributed by atoms with Gasteiger partial charge in [0.15, 0.2) is 0 Å². The van der Waals surface area contributed by atoms with E-state index in [4.69, 9.17) is 9.79 Å². The maximum Gasteiger partial charge on any atom is 2.00 e. The van der Waals surface area contributed by atoms with Crippen molar-refractivity contribution in [1.82, 2.24) is 5.48 Å². The molecule has 0 aliphatic rings. The van der Waals surface area contributed by atoms with E-state index < -0.39 is 13.9 Å². The Kier molecular flexibility index (Phi) is 6.25. The van der Waals surface area contributed by atoms with Crippen molar-refractivity contribution in [3.05, 3.63) is 0 Å². The minimum absolute atomic E-state index is 0. The number of phosphoric acid groups is 1. The number of hydrogen-bond donors (Lipinski definition) is 4. The van der Waals surface area contributed by atoms with Crippen molar-refractivity contribution in [3.8, 4) is 0 Å². The average molecular weight is 182 g/mol. The molecule has 0 unspecified atom stereocenters. The summed E-state index contributed by atoms with van der Waals surface area (Å²) in [6, 6.07) is -1.17. The van der Waals surface area contributed by atoms with E-state index in [0.717, 1.165) is 0 Å². The monoisotopic (exact) mass is 182 g/mol. The fourth-order valence-corrected chi connectivity index (χ4v) is 0.313. The van der Waals surface area contributed by atoms with Crippen LogP contribution >= 0.6 is 7.82 Å². The zero-order valence-electron chi connectivity index (χ0n) is 6.85.